The molecule has 0 heterocycles. The highest BCUT2D eigenvalue weighted by Gasteiger charge is 2.31. The van der Waals surface area contributed by atoms with Crippen molar-refractivity contribution in [3.8, 4) is 5.75 Å². The Morgan fingerprint density at radius 3 is 2.31 bits per heavy atom. The minimum absolute atomic E-state index is 0.0268. The first-order valence-electron chi connectivity index (χ1n) is 10.5. The second-order valence-corrected chi connectivity index (χ2v) is 9.50. The fourth-order valence-corrected chi connectivity index (χ4v) is 3.50. The number of amides is 1. The van der Waals surface area contributed by atoms with Gasteiger partial charge in [0.05, 0.1) is 24.5 Å². The first-order chi connectivity index (χ1) is 16.2. The molecule has 0 saturated carbocycles. The number of carbonyl (C=O) groups is 1. The van der Waals surface area contributed by atoms with Gasteiger partial charge in [-0.1, -0.05) is 19.4 Å². The number of alkyl halides is 3. The predicted octanol–water partition coefficient (Wildman–Crippen LogP) is 5.42. The topological polar surface area (TPSA) is 84.5 Å². The van der Waals surface area contributed by atoms with Crippen LogP contribution < -0.4 is 14.8 Å². The number of rotatable bonds is 10. The van der Waals surface area contributed by atoms with E-state index >= 15 is 0 Å². The summed E-state index contributed by atoms with van der Waals surface area (Å²) in [6.07, 6.45) is -0.0947. The van der Waals surface area contributed by atoms with Crippen LogP contribution in [0.2, 0.25) is 0 Å². The molecule has 1 atom stereocenters. The van der Waals surface area contributed by atoms with Gasteiger partial charge in [0.2, 0.25) is 15.9 Å². The number of benzene rings is 2. The van der Waals surface area contributed by atoms with Crippen LogP contribution in [0, 0.1) is 11.6 Å². The summed E-state index contributed by atoms with van der Waals surface area (Å²) in [5.41, 5.74) is -1.46. The van der Waals surface area contributed by atoms with Gasteiger partial charge in [-0.2, -0.15) is 13.2 Å². The summed E-state index contributed by atoms with van der Waals surface area (Å²) in [6.45, 7) is 3.54. The molecule has 0 spiro atoms. The van der Waals surface area contributed by atoms with E-state index in [1.807, 2.05) is 6.92 Å². The lowest BCUT2D eigenvalue weighted by atomic mass is 10.1. The maximum Gasteiger partial charge on any atom is 0.416 e. The smallest absolute Gasteiger partial charge is 0.416 e. The molecule has 0 radical (unpaired) electrons. The summed E-state index contributed by atoms with van der Waals surface area (Å²) >= 11 is 0. The molecule has 0 fully saturated rings. The van der Waals surface area contributed by atoms with Crippen LogP contribution >= 0.6 is 0 Å². The fourth-order valence-electron chi connectivity index (χ4n) is 2.94. The quantitative estimate of drug-likeness (QED) is 0.249. The van der Waals surface area contributed by atoms with E-state index in [1.54, 1.807) is 4.72 Å². The number of carbonyl (C=O) groups excluding carboxylic acids is 1. The summed E-state index contributed by atoms with van der Waals surface area (Å²) in [5, 5.41) is 2.48. The Morgan fingerprint density at radius 1 is 1.14 bits per heavy atom. The first kappa shape index (κ1) is 28.1. The van der Waals surface area contributed by atoms with Gasteiger partial charge in [0.25, 0.3) is 0 Å². The van der Waals surface area contributed by atoms with E-state index in [9.17, 15) is 35.2 Å². The van der Waals surface area contributed by atoms with Crippen LogP contribution in [0.1, 0.15) is 49.4 Å². The third-order valence-electron chi connectivity index (χ3n) is 4.72. The van der Waals surface area contributed by atoms with Crippen LogP contribution in [0.5, 0.6) is 5.75 Å². The number of anilines is 1. The lowest BCUT2D eigenvalue weighted by Gasteiger charge is -2.15. The zero-order valence-corrected chi connectivity index (χ0v) is 20.0. The van der Waals surface area contributed by atoms with E-state index in [0.717, 1.165) is 43.0 Å². The maximum atomic E-state index is 14.2. The normalized spacial score (nSPS) is 13.0. The van der Waals surface area contributed by atoms with Crippen molar-refractivity contribution in [2.75, 3.05) is 17.6 Å². The van der Waals surface area contributed by atoms with E-state index < -0.39 is 51.0 Å². The molecule has 0 aliphatic heterocycles. The van der Waals surface area contributed by atoms with Gasteiger partial charge in [-0.15, -0.1) is 0 Å². The average molecular weight is 521 g/mol. The van der Waals surface area contributed by atoms with Crippen molar-refractivity contribution < 1.29 is 39.9 Å². The first-order valence-corrected chi connectivity index (χ1v) is 12.4. The maximum absolute atomic E-state index is 14.2. The van der Waals surface area contributed by atoms with Crippen LogP contribution in [0.3, 0.4) is 0 Å². The highest BCUT2D eigenvalue weighted by atomic mass is 32.2. The van der Waals surface area contributed by atoms with Gasteiger partial charge in [-0.25, -0.2) is 17.2 Å². The van der Waals surface area contributed by atoms with Crippen LogP contribution in [-0.2, 0) is 21.0 Å². The molecule has 2 aromatic rings. The predicted molar refractivity (Wildman–Crippen MR) is 122 cm³/mol. The molecule has 0 aromatic heterocycles. The Morgan fingerprint density at radius 2 is 1.77 bits per heavy atom. The summed E-state index contributed by atoms with van der Waals surface area (Å²) < 4.78 is 97.2. The standard InChI is InChI=1S/C23H25F5N2O4S/c1-4-5-10-34-20-13-17(23(26,27)28)8-6-15(20)7-9-21(31)29-14(2)16-11-18(24)22(19(25)12-16)30-35(3,32)33/h6-9,11-14,30H,4-5,10H2,1-3H3,(H,29,31)/b9-7+. The van der Waals surface area contributed by atoms with Crippen LogP contribution in [0.25, 0.3) is 6.08 Å². The summed E-state index contributed by atoms with van der Waals surface area (Å²) in [7, 11) is -3.91. The summed E-state index contributed by atoms with van der Waals surface area (Å²) in [5.74, 6) is -3.05. The lowest BCUT2D eigenvalue weighted by molar-refractivity contribution is -0.137. The molecule has 0 saturated heterocycles. The van der Waals surface area contributed by atoms with E-state index in [0.29, 0.717) is 6.42 Å². The molecule has 1 amide bonds. The molecule has 192 valence electrons. The van der Waals surface area contributed by atoms with Gasteiger partial charge in [-0.05, 0) is 49.2 Å². The molecule has 12 heteroatoms. The fraction of sp³-hybridized carbons (Fsp3) is 0.348. The molecular weight excluding hydrogens is 495 g/mol. The van der Waals surface area contributed by atoms with Gasteiger partial charge in [0.1, 0.15) is 11.4 Å². The van der Waals surface area contributed by atoms with Crippen molar-refractivity contribution in [2.24, 2.45) is 0 Å². The molecule has 0 bridgehead atoms. The third kappa shape index (κ3) is 8.53. The van der Waals surface area contributed by atoms with Gasteiger partial charge in [0.15, 0.2) is 11.6 Å². The number of nitrogens with one attached hydrogen (secondary N) is 2. The number of hydrogen-bond acceptors (Lipinski definition) is 4. The number of sulfonamides is 1. The van der Waals surface area contributed by atoms with Gasteiger partial charge in [0, 0.05) is 11.6 Å². The van der Waals surface area contributed by atoms with Crippen LogP contribution in [-0.4, -0.2) is 27.2 Å². The van der Waals surface area contributed by atoms with Crippen molar-refractivity contribution in [1.82, 2.24) is 5.32 Å². The second kappa shape index (κ2) is 11.5. The van der Waals surface area contributed by atoms with Gasteiger partial charge < -0.3 is 10.1 Å². The lowest BCUT2D eigenvalue weighted by Crippen LogP contribution is -2.25. The molecule has 0 aliphatic carbocycles. The van der Waals surface area contributed by atoms with E-state index in [4.69, 9.17) is 4.74 Å². The molecule has 0 aliphatic rings. The van der Waals surface area contributed by atoms with Crippen LogP contribution in [0.15, 0.2) is 36.4 Å². The van der Waals surface area contributed by atoms with Crippen molar-refractivity contribution in [2.45, 2.75) is 38.9 Å². The average Bonchev–Trinajstić information content (AvgIpc) is 2.74. The zero-order valence-electron chi connectivity index (χ0n) is 19.2. The highest BCUT2D eigenvalue weighted by Crippen LogP contribution is 2.33. The van der Waals surface area contributed by atoms with E-state index in [-0.39, 0.29) is 23.5 Å². The second-order valence-electron chi connectivity index (χ2n) is 7.75. The Hall–Kier alpha value is -3.15. The number of hydrogen-bond donors (Lipinski definition) is 2. The molecule has 2 N–H and O–H groups in total. The van der Waals surface area contributed by atoms with Gasteiger partial charge in [-0.3, -0.25) is 9.52 Å². The Labute approximate surface area is 200 Å². The molecular formula is C23H25F5N2O4S. The Kier molecular flexibility index (Phi) is 9.24. The monoisotopic (exact) mass is 520 g/mol. The van der Waals surface area contributed by atoms with Crippen molar-refractivity contribution >= 4 is 27.7 Å². The molecule has 2 rings (SSSR count). The largest absolute Gasteiger partial charge is 0.493 e. The van der Waals surface area contributed by atoms with Crippen molar-refractivity contribution in [1.29, 1.82) is 0 Å². The van der Waals surface area contributed by atoms with Gasteiger partial charge >= 0.3 is 6.18 Å². The highest BCUT2D eigenvalue weighted by molar-refractivity contribution is 7.92. The molecule has 1 unspecified atom stereocenters. The summed E-state index contributed by atoms with van der Waals surface area (Å²) in [6, 6.07) is 3.77. The van der Waals surface area contributed by atoms with E-state index in [1.165, 1.54) is 19.1 Å². The zero-order chi connectivity index (χ0) is 26.4. The minimum Gasteiger partial charge on any atom is -0.493 e. The molecule has 35 heavy (non-hydrogen) atoms. The minimum atomic E-state index is -4.56. The van der Waals surface area contributed by atoms with Crippen molar-refractivity contribution in [3.05, 3.63) is 64.7 Å². The van der Waals surface area contributed by atoms with E-state index in [2.05, 4.69) is 5.32 Å². The van der Waals surface area contributed by atoms with Crippen LogP contribution in [0.4, 0.5) is 27.6 Å². The number of halogens is 5. The summed E-state index contributed by atoms with van der Waals surface area (Å²) in [4.78, 5) is 12.3. The third-order valence-corrected chi connectivity index (χ3v) is 5.30. The number of ether oxygens (including phenoxy) is 1. The molecule has 6 nitrogen and oxygen atoms in total. The molecule has 2 aromatic carbocycles. The number of unbranched alkanes of at least 4 members (excludes halogenated alkanes) is 1. The van der Waals surface area contributed by atoms with Crippen molar-refractivity contribution in [3.63, 3.8) is 0 Å². The Bertz CT molecular complexity index is 1170. The SMILES string of the molecule is CCCCOc1cc(C(F)(F)F)ccc1/C=C/C(=O)NC(C)c1cc(F)c(NS(C)(=O)=O)c(F)c1. The Balaban J connectivity index is 2.18.